The van der Waals surface area contributed by atoms with Gasteiger partial charge in [-0.3, -0.25) is 8.98 Å². The van der Waals surface area contributed by atoms with E-state index in [4.69, 9.17) is 4.18 Å². The minimum Gasteiger partial charge on any atom is -0.330 e. The van der Waals surface area contributed by atoms with E-state index in [-0.39, 0.29) is 30.2 Å². The fourth-order valence-corrected chi connectivity index (χ4v) is 3.53. The Labute approximate surface area is 130 Å². The lowest BCUT2D eigenvalue weighted by Gasteiger charge is -2.19. The van der Waals surface area contributed by atoms with Crippen molar-refractivity contribution in [2.45, 2.75) is 43.7 Å². The molecule has 1 fully saturated rings. The maximum absolute atomic E-state index is 12.2. The van der Waals surface area contributed by atoms with E-state index in [1.54, 1.807) is 19.1 Å². The van der Waals surface area contributed by atoms with Crippen molar-refractivity contribution in [1.82, 2.24) is 4.90 Å². The minimum atomic E-state index is -3.90. The lowest BCUT2D eigenvalue weighted by Crippen LogP contribution is -2.36. The van der Waals surface area contributed by atoms with Crippen LogP contribution in [-0.4, -0.2) is 44.2 Å². The third kappa shape index (κ3) is 3.53. The van der Waals surface area contributed by atoms with Crippen LogP contribution in [0.15, 0.2) is 29.2 Å². The van der Waals surface area contributed by atoms with Crippen LogP contribution in [0.3, 0.4) is 0 Å². The van der Waals surface area contributed by atoms with E-state index in [0.29, 0.717) is 6.29 Å². The Morgan fingerprint density at radius 1 is 1.36 bits per heavy atom. The van der Waals surface area contributed by atoms with Crippen LogP contribution >= 0.6 is 0 Å². The number of benzene rings is 1. The van der Waals surface area contributed by atoms with Crippen molar-refractivity contribution in [3.63, 3.8) is 0 Å². The van der Waals surface area contributed by atoms with Crippen LogP contribution in [0.2, 0.25) is 0 Å². The van der Waals surface area contributed by atoms with Gasteiger partial charge in [-0.2, -0.15) is 8.42 Å². The van der Waals surface area contributed by atoms with Gasteiger partial charge >= 0.3 is 0 Å². The van der Waals surface area contributed by atoms with Gasteiger partial charge in [0.05, 0.1) is 17.0 Å². The summed E-state index contributed by atoms with van der Waals surface area (Å²) in [4.78, 5) is 24.3. The molecule has 0 aromatic heterocycles. The molecule has 2 atom stereocenters. The summed E-state index contributed by atoms with van der Waals surface area (Å²) < 4.78 is 29.7. The van der Waals surface area contributed by atoms with Crippen LogP contribution in [0.25, 0.3) is 0 Å². The molecule has 1 amide bonds. The largest absolute Gasteiger partial charge is 0.330 e. The van der Waals surface area contributed by atoms with E-state index in [1.807, 2.05) is 6.92 Å². The molecule has 0 saturated carbocycles. The van der Waals surface area contributed by atoms with Crippen molar-refractivity contribution < 1.29 is 22.2 Å². The van der Waals surface area contributed by atoms with Crippen molar-refractivity contribution in [3.05, 3.63) is 29.8 Å². The molecule has 0 N–H and O–H groups in total. The molecule has 1 aromatic rings. The molecule has 1 aliphatic heterocycles. The number of hydrogen-bond donors (Lipinski definition) is 0. The molecular formula is C15H19NO5S. The summed E-state index contributed by atoms with van der Waals surface area (Å²) in [6, 6.07) is 5.71. The van der Waals surface area contributed by atoms with Crippen LogP contribution in [0.1, 0.15) is 25.3 Å². The van der Waals surface area contributed by atoms with Crippen LogP contribution in [0.4, 0.5) is 0 Å². The lowest BCUT2D eigenvalue weighted by molar-refractivity contribution is -0.134. The van der Waals surface area contributed by atoms with Gasteiger partial charge in [-0.25, -0.2) is 0 Å². The summed E-state index contributed by atoms with van der Waals surface area (Å²) in [5.74, 6) is -0.184. The topological polar surface area (TPSA) is 80.8 Å². The Balaban J connectivity index is 2.12. The summed E-state index contributed by atoms with van der Waals surface area (Å²) in [6.07, 6.45) is 0.425. The predicted octanol–water partition coefficient (Wildman–Crippen LogP) is 1.28. The van der Waals surface area contributed by atoms with E-state index >= 15 is 0 Å². The highest BCUT2D eigenvalue weighted by Gasteiger charge is 2.37. The fourth-order valence-electron chi connectivity index (χ4n) is 2.45. The van der Waals surface area contributed by atoms with Crippen LogP contribution in [0, 0.1) is 6.92 Å². The summed E-state index contributed by atoms with van der Waals surface area (Å²) in [5.41, 5.74) is 0.945. The first-order valence-electron chi connectivity index (χ1n) is 7.12. The van der Waals surface area contributed by atoms with Gasteiger partial charge in [0.25, 0.3) is 10.1 Å². The van der Waals surface area contributed by atoms with E-state index in [2.05, 4.69) is 0 Å². The molecule has 1 aromatic carbocycles. The lowest BCUT2D eigenvalue weighted by atomic mass is 10.2. The second kappa shape index (κ2) is 6.58. The third-order valence-corrected chi connectivity index (χ3v) is 5.03. The molecule has 0 bridgehead atoms. The number of hydrogen-bond acceptors (Lipinski definition) is 5. The Bertz CT molecular complexity index is 653. The van der Waals surface area contributed by atoms with Crippen LogP contribution in [-0.2, 0) is 23.9 Å². The fraction of sp³-hybridized carbons (Fsp3) is 0.467. The molecular weight excluding hydrogens is 306 g/mol. The number of carbonyl (C=O) groups excluding carboxylic acids is 2. The average Bonchev–Trinajstić information content (AvgIpc) is 2.89. The average molecular weight is 325 g/mol. The number of likely N-dealkylation sites (tertiary alicyclic amines) is 1. The summed E-state index contributed by atoms with van der Waals surface area (Å²) in [7, 11) is -3.90. The first-order chi connectivity index (χ1) is 10.4. The van der Waals surface area contributed by atoms with Crippen molar-refractivity contribution in [2.24, 2.45) is 0 Å². The first kappa shape index (κ1) is 16.6. The molecule has 7 heteroatoms. The quantitative estimate of drug-likeness (QED) is 0.602. The Morgan fingerprint density at radius 2 is 2.00 bits per heavy atom. The van der Waals surface area contributed by atoms with Crippen molar-refractivity contribution in [2.75, 3.05) is 6.54 Å². The van der Waals surface area contributed by atoms with E-state index in [9.17, 15) is 18.0 Å². The standard InChI is InChI=1S/C15H19NO5S/c1-3-15(18)16-9-13(8-12(16)10-17)21-22(19,20)14-6-4-11(2)5-7-14/h4-7,10,12-13H,3,8-9H2,1-2H3. The van der Waals surface area contributed by atoms with Crippen LogP contribution in [0.5, 0.6) is 0 Å². The molecule has 1 aliphatic rings. The highest BCUT2D eigenvalue weighted by molar-refractivity contribution is 7.86. The smallest absolute Gasteiger partial charge is 0.297 e. The molecule has 120 valence electrons. The van der Waals surface area contributed by atoms with Gasteiger partial charge in [0.15, 0.2) is 0 Å². The van der Waals surface area contributed by atoms with E-state index in [0.717, 1.165) is 5.56 Å². The third-order valence-electron chi connectivity index (χ3n) is 3.66. The van der Waals surface area contributed by atoms with Gasteiger partial charge in [0, 0.05) is 19.4 Å². The van der Waals surface area contributed by atoms with Gasteiger partial charge in [-0.1, -0.05) is 24.6 Å². The van der Waals surface area contributed by atoms with E-state index < -0.39 is 22.3 Å². The zero-order chi connectivity index (χ0) is 16.3. The molecule has 1 heterocycles. The highest BCUT2D eigenvalue weighted by atomic mass is 32.2. The number of nitrogens with zero attached hydrogens (tertiary/aromatic N) is 1. The Kier molecular flexibility index (Phi) is 4.97. The maximum Gasteiger partial charge on any atom is 0.297 e. The molecule has 22 heavy (non-hydrogen) atoms. The first-order valence-corrected chi connectivity index (χ1v) is 8.53. The number of rotatable bonds is 5. The Morgan fingerprint density at radius 3 is 2.55 bits per heavy atom. The molecule has 0 spiro atoms. The van der Waals surface area contributed by atoms with E-state index in [1.165, 1.54) is 17.0 Å². The number of amides is 1. The van der Waals surface area contributed by atoms with Crippen molar-refractivity contribution >= 4 is 22.3 Å². The summed E-state index contributed by atoms with van der Waals surface area (Å²) in [5, 5.41) is 0. The van der Waals surface area contributed by atoms with Crippen LogP contribution < -0.4 is 0 Å². The normalized spacial score (nSPS) is 21.8. The summed E-state index contributed by atoms with van der Waals surface area (Å²) in [6.45, 7) is 3.67. The zero-order valence-corrected chi connectivity index (χ0v) is 13.4. The number of aldehydes is 1. The molecule has 6 nitrogen and oxygen atoms in total. The second-order valence-corrected chi connectivity index (χ2v) is 6.90. The van der Waals surface area contributed by atoms with Gasteiger partial charge in [0.1, 0.15) is 6.29 Å². The molecule has 1 saturated heterocycles. The number of carbonyl (C=O) groups is 2. The predicted molar refractivity (Wildman–Crippen MR) is 79.7 cm³/mol. The monoisotopic (exact) mass is 325 g/mol. The summed E-state index contributed by atoms with van der Waals surface area (Å²) >= 11 is 0. The van der Waals surface area contributed by atoms with Gasteiger partial charge in [-0.05, 0) is 19.1 Å². The highest BCUT2D eigenvalue weighted by Crippen LogP contribution is 2.24. The Hall–Kier alpha value is -1.73. The van der Waals surface area contributed by atoms with Gasteiger partial charge in [-0.15, -0.1) is 0 Å². The van der Waals surface area contributed by atoms with Gasteiger partial charge in [0.2, 0.25) is 5.91 Å². The van der Waals surface area contributed by atoms with Gasteiger partial charge < -0.3 is 9.69 Å². The number of aryl methyl sites for hydroxylation is 1. The minimum absolute atomic E-state index is 0.0704. The molecule has 2 unspecified atom stereocenters. The molecule has 2 rings (SSSR count). The second-order valence-electron chi connectivity index (χ2n) is 5.32. The SMILES string of the molecule is CCC(=O)N1CC(OS(=O)(=O)c2ccc(C)cc2)CC1C=O. The van der Waals surface area contributed by atoms with Crippen molar-refractivity contribution in [3.8, 4) is 0 Å². The molecule has 0 radical (unpaired) electrons. The zero-order valence-electron chi connectivity index (χ0n) is 12.6. The van der Waals surface area contributed by atoms with Crippen molar-refractivity contribution in [1.29, 1.82) is 0 Å². The molecule has 0 aliphatic carbocycles. The maximum atomic E-state index is 12.2.